The maximum atomic E-state index is 12.2. The van der Waals surface area contributed by atoms with Crippen LogP contribution in [0.3, 0.4) is 0 Å². The Bertz CT molecular complexity index is 862. The number of aryl methyl sites for hydroxylation is 1. The summed E-state index contributed by atoms with van der Waals surface area (Å²) in [5, 5.41) is 13.4. The number of amides is 1. The third kappa shape index (κ3) is 6.32. The summed E-state index contributed by atoms with van der Waals surface area (Å²) in [5.41, 5.74) is 0.810. The third-order valence-electron chi connectivity index (χ3n) is 4.29. The summed E-state index contributed by atoms with van der Waals surface area (Å²) in [6, 6.07) is 8.57. The van der Waals surface area contributed by atoms with Crippen LogP contribution in [0.5, 0.6) is 23.0 Å². The van der Waals surface area contributed by atoms with Gasteiger partial charge in [-0.2, -0.15) is 0 Å². The van der Waals surface area contributed by atoms with E-state index in [-0.39, 0.29) is 30.5 Å². The van der Waals surface area contributed by atoms with Gasteiger partial charge in [0.15, 0.2) is 11.5 Å². The number of halogens is 2. The number of nitrogens with one attached hydrogen (secondary N) is 1. The van der Waals surface area contributed by atoms with Crippen molar-refractivity contribution in [2.45, 2.75) is 18.9 Å². The van der Waals surface area contributed by atoms with Gasteiger partial charge in [-0.05, 0) is 30.2 Å². The number of hydrogen-bond donors (Lipinski definition) is 2. The van der Waals surface area contributed by atoms with E-state index in [1.165, 1.54) is 14.2 Å². The number of aliphatic hydroxyl groups excluding tert-OH is 1. The molecule has 0 aliphatic carbocycles. The highest BCUT2D eigenvalue weighted by atomic mass is 35.5. The smallest absolute Gasteiger partial charge is 0.220 e. The second-order valence-electron chi connectivity index (χ2n) is 6.31. The fourth-order valence-electron chi connectivity index (χ4n) is 2.77. The molecule has 2 aromatic rings. The molecule has 0 radical (unpaired) electrons. The van der Waals surface area contributed by atoms with Crippen molar-refractivity contribution in [3.8, 4) is 23.0 Å². The molecule has 1 unspecified atom stereocenters. The molecule has 2 aromatic carbocycles. The Kier molecular flexibility index (Phi) is 9.36. The molecule has 0 heterocycles. The van der Waals surface area contributed by atoms with Crippen LogP contribution in [-0.4, -0.2) is 51.6 Å². The van der Waals surface area contributed by atoms with Gasteiger partial charge in [0, 0.05) is 13.0 Å². The Morgan fingerprint density at radius 2 is 1.77 bits per heavy atom. The van der Waals surface area contributed by atoms with Crippen LogP contribution in [0.1, 0.15) is 12.0 Å². The summed E-state index contributed by atoms with van der Waals surface area (Å²) in [6.45, 7) is 0.00390. The maximum Gasteiger partial charge on any atom is 0.220 e. The van der Waals surface area contributed by atoms with Gasteiger partial charge in [0.25, 0.3) is 0 Å². The van der Waals surface area contributed by atoms with E-state index in [2.05, 4.69) is 5.32 Å². The summed E-state index contributed by atoms with van der Waals surface area (Å²) < 4.78 is 21.5. The second kappa shape index (κ2) is 11.7. The number of carbonyl (C=O) groups excluding carboxylic acids is 1. The summed E-state index contributed by atoms with van der Waals surface area (Å²) in [6.07, 6.45) is -0.265. The fraction of sp³-hybridized carbons (Fsp3) is 0.381. The van der Waals surface area contributed by atoms with Crippen molar-refractivity contribution >= 4 is 29.1 Å². The first-order chi connectivity index (χ1) is 14.4. The van der Waals surface area contributed by atoms with E-state index in [1.807, 2.05) is 6.07 Å². The maximum absolute atomic E-state index is 12.2. The largest absolute Gasteiger partial charge is 0.493 e. The lowest BCUT2D eigenvalue weighted by Gasteiger charge is -2.16. The molecule has 1 amide bonds. The Morgan fingerprint density at radius 3 is 2.43 bits per heavy atom. The van der Waals surface area contributed by atoms with Crippen molar-refractivity contribution in [3.63, 3.8) is 0 Å². The van der Waals surface area contributed by atoms with Gasteiger partial charge < -0.3 is 29.4 Å². The molecule has 0 spiro atoms. The summed E-state index contributed by atoms with van der Waals surface area (Å²) >= 11 is 12.0. The van der Waals surface area contributed by atoms with Crippen LogP contribution in [0.25, 0.3) is 0 Å². The highest BCUT2D eigenvalue weighted by molar-refractivity contribution is 6.42. The van der Waals surface area contributed by atoms with Crippen LogP contribution in [-0.2, 0) is 11.2 Å². The fourth-order valence-corrected chi connectivity index (χ4v) is 3.12. The zero-order valence-electron chi connectivity index (χ0n) is 17.0. The van der Waals surface area contributed by atoms with Crippen LogP contribution in [0.2, 0.25) is 10.0 Å². The van der Waals surface area contributed by atoms with Gasteiger partial charge in [-0.15, -0.1) is 0 Å². The van der Waals surface area contributed by atoms with Crippen molar-refractivity contribution in [2.24, 2.45) is 0 Å². The molecule has 30 heavy (non-hydrogen) atoms. The van der Waals surface area contributed by atoms with E-state index in [1.54, 1.807) is 31.4 Å². The molecule has 0 aromatic heterocycles. The van der Waals surface area contributed by atoms with Crippen molar-refractivity contribution in [1.29, 1.82) is 0 Å². The van der Waals surface area contributed by atoms with Gasteiger partial charge in [0.05, 0.1) is 26.4 Å². The van der Waals surface area contributed by atoms with E-state index in [0.29, 0.717) is 34.4 Å². The lowest BCUT2D eigenvalue weighted by Crippen LogP contribution is -2.35. The minimum Gasteiger partial charge on any atom is -0.493 e. The van der Waals surface area contributed by atoms with Gasteiger partial charge in [-0.1, -0.05) is 35.3 Å². The Morgan fingerprint density at radius 1 is 1.03 bits per heavy atom. The van der Waals surface area contributed by atoms with Gasteiger partial charge in [0.1, 0.15) is 23.5 Å². The minimum atomic E-state index is -0.903. The molecule has 9 heteroatoms. The first kappa shape index (κ1) is 23.9. The minimum absolute atomic E-state index is 0.0379. The monoisotopic (exact) mass is 457 g/mol. The highest BCUT2D eigenvalue weighted by Gasteiger charge is 2.17. The van der Waals surface area contributed by atoms with Crippen LogP contribution >= 0.6 is 23.2 Å². The molecule has 0 aliphatic heterocycles. The molecule has 2 rings (SSSR count). The number of rotatable bonds is 11. The number of methoxy groups -OCH3 is 3. The van der Waals surface area contributed by atoms with E-state index in [4.69, 9.17) is 42.1 Å². The lowest BCUT2D eigenvalue weighted by molar-refractivity contribution is -0.121. The second-order valence-corrected chi connectivity index (χ2v) is 7.10. The van der Waals surface area contributed by atoms with Gasteiger partial charge in [-0.25, -0.2) is 0 Å². The molecule has 0 bridgehead atoms. The molecular weight excluding hydrogens is 433 g/mol. The highest BCUT2D eigenvalue weighted by Crippen LogP contribution is 2.40. The normalized spacial score (nSPS) is 11.5. The predicted octanol–water partition coefficient (Wildman–Crippen LogP) is 3.51. The van der Waals surface area contributed by atoms with E-state index in [9.17, 15) is 9.90 Å². The first-order valence-electron chi connectivity index (χ1n) is 9.20. The predicted molar refractivity (Wildman–Crippen MR) is 115 cm³/mol. The van der Waals surface area contributed by atoms with Gasteiger partial charge in [0.2, 0.25) is 11.7 Å². The van der Waals surface area contributed by atoms with Crippen molar-refractivity contribution in [1.82, 2.24) is 5.32 Å². The SMILES string of the molecule is COc1ccc(CCC(=O)NCC(O)COc2cccc(Cl)c2Cl)c(OC)c1OC. The van der Waals surface area contributed by atoms with Crippen LogP contribution in [0, 0.1) is 0 Å². The molecule has 0 fully saturated rings. The Balaban J connectivity index is 1.83. The Hall–Kier alpha value is -2.35. The molecule has 0 saturated heterocycles. The third-order valence-corrected chi connectivity index (χ3v) is 5.09. The number of carbonyl (C=O) groups is 1. The first-order valence-corrected chi connectivity index (χ1v) is 9.96. The zero-order chi connectivity index (χ0) is 22.1. The van der Waals surface area contributed by atoms with Crippen LogP contribution in [0.4, 0.5) is 0 Å². The van der Waals surface area contributed by atoms with Crippen molar-refractivity contribution in [2.75, 3.05) is 34.5 Å². The van der Waals surface area contributed by atoms with Crippen molar-refractivity contribution < 1.29 is 28.8 Å². The molecular formula is C21H25Cl2NO6. The van der Waals surface area contributed by atoms with E-state index >= 15 is 0 Å². The molecule has 0 aliphatic rings. The number of hydrogen-bond acceptors (Lipinski definition) is 6. The number of benzene rings is 2. The topological polar surface area (TPSA) is 86.3 Å². The molecule has 2 N–H and O–H groups in total. The molecule has 1 atom stereocenters. The summed E-state index contributed by atoms with van der Waals surface area (Å²) in [4.78, 5) is 12.2. The average Bonchev–Trinajstić information content (AvgIpc) is 2.76. The average molecular weight is 458 g/mol. The summed E-state index contributed by atoms with van der Waals surface area (Å²) in [5.74, 6) is 1.70. The van der Waals surface area contributed by atoms with Gasteiger partial charge >= 0.3 is 0 Å². The Labute approximate surface area is 185 Å². The standard InChI is InChI=1S/C21H25Cl2NO6/c1-27-17-9-7-13(20(28-2)21(17)29-3)8-10-18(26)24-11-14(25)12-30-16-6-4-5-15(22)19(16)23/h4-7,9,14,25H,8,10-12H2,1-3H3,(H,24,26). The number of ether oxygens (including phenoxy) is 4. The quantitative estimate of drug-likeness (QED) is 0.536. The van der Waals surface area contributed by atoms with Crippen molar-refractivity contribution in [3.05, 3.63) is 45.9 Å². The zero-order valence-corrected chi connectivity index (χ0v) is 18.5. The van der Waals surface area contributed by atoms with Crippen LogP contribution < -0.4 is 24.3 Å². The molecule has 7 nitrogen and oxygen atoms in total. The number of aliphatic hydroxyl groups is 1. The van der Waals surface area contributed by atoms with Gasteiger partial charge in [-0.3, -0.25) is 4.79 Å². The van der Waals surface area contributed by atoms with E-state index < -0.39 is 6.10 Å². The molecule has 0 saturated carbocycles. The lowest BCUT2D eigenvalue weighted by atomic mass is 10.1. The summed E-state index contributed by atoms with van der Waals surface area (Å²) in [7, 11) is 4.60. The van der Waals surface area contributed by atoms with E-state index in [0.717, 1.165) is 5.56 Å². The van der Waals surface area contributed by atoms with Crippen LogP contribution in [0.15, 0.2) is 30.3 Å². The molecule has 164 valence electrons.